The van der Waals surface area contributed by atoms with Crippen LogP contribution in [0.1, 0.15) is 13.3 Å². The monoisotopic (exact) mass is 298 g/mol. The van der Waals surface area contributed by atoms with Crippen molar-refractivity contribution in [2.24, 2.45) is 0 Å². The second kappa shape index (κ2) is 6.45. The van der Waals surface area contributed by atoms with E-state index in [9.17, 15) is 8.42 Å². The van der Waals surface area contributed by atoms with Crippen molar-refractivity contribution in [3.8, 4) is 5.75 Å². The van der Waals surface area contributed by atoms with Crippen molar-refractivity contribution in [2.45, 2.75) is 19.4 Å². The molecule has 0 aromatic heterocycles. The second-order valence-electron chi connectivity index (χ2n) is 5.27. The minimum Gasteiger partial charge on any atom is -0.493 e. The molecule has 1 aliphatic rings. The molecule has 1 fully saturated rings. The molecule has 112 valence electrons. The average molecular weight is 298 g/mol. The number of ether oxygens (including phenoxy) is 1. The van der Waals surface area contributed by atoms with E-state index in [4.69, 9.17) is 10.5 Å². The SMILES string of the molecule is CC1CS(=O)(=O)CCN1CCCOc1cccc(N)c1. The van der Waals surface area contributed by atoms with Gasteiger partial charge >= 0.3 is 0 Å². The number of nitrogen functional groups attached to an aromatic ring is 1. The normalized spacial score (nSPS) is 22.6. The van der Waals surface area contributed by atoms with Crippen LogP contribution in [0.5, 0.6) is 5.75 Å². The van der Waals surface area contributed by atoms with Gasteiger partial charge in [-0.05, 0) is 25.5 Å². The molecule has 1 atom stereocenters. The van der Waals surface area contributed by atoms with Crippen LogP contribution in [0.25, 0.3) is 0 Å². The fourth-order valence-corrected chi connectivity index (χ4v) is 4.05. The molecule has 1 aromatic carbocycles. The zero-order chi connectivity index (χ0) is 14.6. The molecule has 1 unspecified atom stereocenters. The van der Waals surface area contributed by atoms with Crippen LogP contribution in [0.3, 0.4) is 0 Å². The molecule has 0 spiro atoms. The Kier molecular flexibility index (Phi) is 4.88. The molecule has 1 saturated heterocycles. The lowest BCUT2D eigenvalue weighted by Crippen LogP contribution is -2.47. The van der Waals surface area contributed by atoms with Crippen molar-refractivity contribution < 1.29 is 13.2 Å². The molecule has 5 nitrogen and oxygen atoms in total. The summed E-state index contributed by atoms with van der Waals surface area (Å²) in [5.74, 6) is 1.32. The third kappa shape index (κ3) is 4.38. The topological polar surface area (TPSA) is 72.6 Å². The summed E-state index contributed by atoms with van der Waals surface area (Å²) in [7, 11) is -2.83. The zero-order valence-electron chi connectivity index (χ0n) is 11.8. The van der Waals surface area contributed by atoms with Gasteiger partial charge in [-0.25, -0.2) is 8.42 Å². The van der Waals surface area contributed by atoms with Gasteiger partial charge in [0.25, 0.3) is 0 Å². The lowest BCUT2D eigenvalue weighted by atomic mass is 10.3. The molecule has 20 heavy (non-hydrogen) atoms. The summed E-state index contributed by atoms with van der Waals surface area (Å²) >= 11 is 0. The molecule has 1 aliphatic heterocycles. The Balaban J connectivity index is 1.71. The second-order valence-corrected chi connectivity index (χ2v) is 7.50. The summed E-state index contributed by atoms with van der Waals surface area (Å²) in [6, 6.07) is 7.47. The maximum Gasteiger partial charge on any atom is 0.153 e. The number of hydrogen-bond donors (Lipinski definition) is 1. The number of hydrogen-bond acceptors (Lipinski definition) is 5. The lowest BCUT2D eigenvalue weighted by Gasteiger charge is -2.32. The summed E-state index contributed by atoms with van der Waals surface area (Å²) in [5, 5.41) is 0. The number of anilines is 1. The van der Waals surface area contributed by atoms with E-state index >= 15 is 0 Å². The van der Waals surface area contributed by atoms with Crippen LogP contribution < -0.4 is 10.5 Å². The van der Waals surface area contributed by atoms with Gasteiger partial charge in [0.15, 0.2) is 9.84 Å². The van der Waals surface area contributed by atoms with Gasteiger partial charge in [-0.2, -0.15) is 0 Å². The largest absolute Gasteiger partial charge is 0.493 e. The molecule has 1 heterocycles. The van der Waals surface area contributed by atoms with E-state index in [1.165, 1.54) is 0 Å². The van der Waals surface area contributed by atoms with Gasteiger partial charge in [0, 0.05) is 30.9 Å². The highest BCUT2D eigenvalue weighted by Gasteiger charge is 2.27. The molecule has 0 saturated carbocycles. The third-order valence-corrected chi connectivity index (χ3v) is 5.32. The molecule has 0 radical (unpaired) electrons. The predicted octanol–water partition coefficient (Wildman–Crippen LogP) is 1.16. The van der Waals surface area contributed by atoms with Crippen molar-refractivity contribution in [3.05, 3.63) is 24.3 Å². The van der Waals surface area contributed by atoms with E-state index < -0.39 is 9.84 Å². The molecule has 1 aromatic rings. The molecule has 0 bridgehead atoms. The molecule has 0 aliphatic carbocycles. The number of rotatable bonds is 5. The summed E-state index contributed by atoms with van der Waals surface area (Å²) in [6.07, 6.45) is 0.874. The summed E-state index contributed by atoms with van der Waals surface area (Å²) in [5.41, 5.74) is 6.37. The first kappa shape index (κ1) is 15.1. The molecule has 2 rings (SSSR count). The number of nitrogens with two attached hydrogens (primary N) is 1. The van der Waals surface area contributed by atoms with Crippen molar-refractivity contribution >= 4 is 15.5 Å². The zero-order valence-corrected chi connectivity index (χ0v) is 12.6. The quantitative estimate of drug-likeness (QED) is 0.652. The van der Waals surface area contributed by atoms with Gasteiger partial charge in [0.1, 0.15) is 5.75 Å². The van der Waals surface area contributed by atoms with E-state index in [1.807, 2.05) is 25.1 Å². The highest BCUT2D eigenvalue weighted by atomic mass is 32.2. The van der Waals surface area contributed by atoms with E-state index in [1.54, 1.807) is 6.07 Å². The number of nitrogens with zero attached hydrogens (tertiary/aromatic N) is 1. The lowest BCUT2D eigenvalue weighted by molar-refractivity contribution is 0.202. The Labute approximate surface area is 120 Å². The van der Waals surface area contributed by atoms with Gasteiger partial charge < -0.3 is 10.5 Å². The van der Waals surface area contributed by atoms with Crippen LogP contribution in [0.2, 0.25) is 0 Å². The Hall–Kier alpha value is -1.27. The molecular weight excluding hydrogens is 276 g/mol. The first-order chi connectivity index (χ1) is 9.46. The summed E-state index contributed by atoms with van der Waals surface area (Å²) < 4.78 is 28.6. The molecular formula is C14H22N2O3S. The van der Waals surface area contributed by atoms with Crippen LogP contribution in [0, 0.1) is 0 Å². The minimum absolute atomic E-state index is 0.0983. The molecule has 2 N–H and O–H groups in total. The first-order valence-electron chi connectivity index (χ1n) is 6.89. The van der Waals surface area contributed by atoms with Crippen molar-refractivity contribution in [3.63, 3.8) is 0 Å². The van der Waals surface area contributed by atoms with E-state index in [0.29, 0.717) is 18.8 Å². The van der Waals surface area contributed by atoms with E-state index in [0.717, 1.165) is 18.7 Å². The predicted molar refractivity (Wildman–Crippen MR) is 80.7 cm³/mol. The van der Waals surface area contributed by atoms with E-state index in [-0.39, 0.29) is 17.5 Å². The minimum atomic E-state index is -2.83. The standard InChI is InChI=1S/C14H22N2O3S/c1-12-11-20(17,18)9-7-16(12)6-3-8-19-14-5-2-4-13(15)10-14/h2,4-5,10,12H,3,6-9,11,15H2,1H3. The van der Waals surface area contributed by atoms with Crippen molar-refractivity contribution in [1.82, 2.24) is 4.90 Å². The highest BCUT2D eigenvalue weighted by Crippen LogP contribution is 2.15. The summed E-state index contributed by atoms with van der Waals surface area (Å²) in [4.78, 5) is 2.21. The Morgan fingerprint density at radius 3 is 2.95 bits per heavy atom. The van der Waals surface area contributed by atoms with Crippen molar-refractivity contribution in [1.29, 1.82) is 0 Å². The van der Waals surface area contributed by atoms with Gasteiger partial charge in [-0.1, -0.05) is 6.07 Å². The maximum absolute atomic E-state index is 11.5. The van der Waals surface area contributed by atoms with Gasteiger partial charge in [0.2, 0.25) is 0 Å². The fourth-order valence-electron chi connectivity index (χ4n) is 2.43. The van der Waals surface area contributed by atoms with Crippen LogP contribution in [-0.2, 0) is 9.84 Å². The first-order valence-corrected chi connectivity index (χ1v) is 8.71. The number of sulfone groups is 1. The van der Waals surface area contributed by atoms with Gasteiger partial charge in [-0.15, -0.1) is 0 Å². The van der Waals surface area contributed by atoms with Crippen LogP contribution in [-0.4, -0.2) is 50.6 Å². The highest BCUT2D eigenvalue weighted by molar-refractivity contribution is 7.91. The van der Waals surface area contributed by atoms with Crippen molar-refractivity contribution in [2.75, 3.05) is 36.9 Å². The van der Waals surface area contributed by atoms with Crippen LogP contribution in [0.4, 0.5) is 5.69 Å². The van der Waals surface area contributed by atoms with Crippen LogP contribution >= 0.6 is 0 Å². The molecule has 0 amide bonds. The summed E-state index contributed by atoms with van der Waals surface area (Å²) in [6.45, 7) is 4.07. The Morgan fingerprint density at radius 2 is 2.25 bits per heavy atom. The maximum atomic E-state index is 11.5. The Morgan fingerprint density at radius 1 is 1.45 bits per heavy atom. The van der Waals surface area contributed by atoms with Crippen LogP contribution in [0.15, 0.2) is 24.3 Å². The Bertz CT molecular complexity index is 545. The molecule has 6 heteroatoms. The van der Waals surface area contributed by atoms with Gasteiger partial charge in [0.05, 0.1) is 18.1 Å². The van der Waals surface area contributed by atoms with Gasteiger partial charge in [-0.3, -0.25) is 4.90 Å². The fraction of sp³-hybridized carbons (Fsp3) is 0.571. The van der Waals surface area contributed by atoms with E-state index in [2.05, 4.69) is 4.90 Å². The third-order valence-electron chi connectivity index (χ3n) is 3.52. The average Bonchev–Trinajstić information content (AvgIpc) is 2.36. The number of benzene rings is 1. The smallest absolute Gasteiger partial charge is 0.153 e.